The van der Waals surface area contributed by atoms with E-state index in [9.17, 15) is 18.4 Å². The summed E-state index contributed by atoms with van der Waals surface area (Å²) in [5.41, 5.74) is 2.14. The number of halogens is 3. The summed E-state index contributed by atoms with van der Waals surface area (Å²) in [7, 11) is -1.70. The van der Waals surface area contributed by atoms with Crippen molar-refractivity contribution in [2.75, 3.05) is 0 Å². The molecule has 38 heavy (non-hydrogen) atoms. The van der Waals surface area contributed by atoms with E-state index in [-0.39, 0.29) is 16.6 Å². The average molecular weight is 577 g/mol. The molecule has 4 rings (SSSR count). The molecule has 0 unspecified atom stereocenters. The fraction of sp³-hybridized carbons (Fsp3) is 0. The Hall–Kier alpha value is -4.62. The van der Waals surface area contributed by atoms with Gasteiger partial charge in [-0.2, -0.15) is 10.5 Å². The molecule has 2 heterocycles. The maximum atomic E-state index is 13.4. The van der Waals surface area contributed by atoms with Crippen LogP contribution < -0.4 is 5.46 Å². The van der Waals surface area contributed by atoms with Crippen LogP contribution in [0.25, 0.3) is 11.1 Å². The summed E-state index contributed by atoms with van der Waals surface area (Å²) >= 11 is 3.18. The molecule has 0 radical (unpaired) electrons. The normalized spacial score (nSPS) is 9.34. The van der Waals surface area contributed by atoms with Crippen LogP contribution in [-0.2, 0) is 0 Å². The van der Waals surface area contributed by atoms with Crippen molar-refractivity contribution in [2.24, 2.45) is 0 Å². The predicted octanol–water partition coefficient (Wildman–Crippen LogP) is 3.61. The molecule has 0 amide bonds. The molecule has 2 N–H and O–H groups in total. The Bertz CT molecular complexity index is 1520. The second-order valence-corrected chi connectivity index (χ2v) is 8.13. The lowest BCUT2D eigenvalue weighted by Crippen LogP contribution is -2.30. The topological polar surface area (TPSA) is 148 Å². The Morgan fingerprint density at radius 1 is 0.763 bits per heavy atom. The van der Waals surface area contributed by atoms with E-state index in [4.69, 9.17) is 20.6 Å². The highest BCUT2D eigenvalue weighted by molar-refractivity contribution is 9.10. The summed E-state index contributed by atoms with van der Waals surface area (Å²) in [6.07, 6.45) is 7.54. The van der Waals surface area contributed by atoms with E-state index in [0.717, 1.165) is 16.8 Å². The third-order valence-corrected chi connectivity index (χ3v) is 5.03. The van der Waals surface area contributed by atoms with Gasteiger partial charge >= 0.3 is 7.12 Å². The maximum absolute atomic E-state index is 13.4. The highest BCUT2D eigenvalue weighted by atomic mass is 79.9. The third-order valence-electron chi connectivity index (χ3n) is 4.59. The zero-order valence-corrected chi connectivity index (χ0v) is 20.9. The van der Waals surface area contributed by atoms with Gasteiger partial charge in [-0.05, 0) is 63.4 Å². The second kappa shape index (κ2) is 14.8. The molecule has 0 aliphatic heterocycles. The number of pyridine rings is 2. The van der Waals surface area contributed by atoms with E-state index < -0.39 is 18.8 Å². The lowest BCUT2D eigenvalue weighted by Gasteiger charge is -2.02. The zero-order valence-electron chi connectivity index (χ0n) is 19.3. The van der Waals surface area contributed by atoms with Crippen LogP contribution >= 0.6 is 15.9 Å². The SMILES string of the molecule is N#Cc1ccc(-c2cncc(C=O)c2)cc1F.N#Cc1ccc(B(O)O)cc1F.O=Cc1cncc(Br)c1. The number of benzene rings is 2. The summed E-state index contributed by atoms with van der Waals surface area (Å²) in [5.74, 6) is -1.33. The molecular formula is C26H16BBrF2N4O4. The molecule has 0 aliphatic carbocycles. The van der Waals surface area contributed by atoms with E-state index in [0.29, 0.717) is 28.5 Å². The van der Waals surface area contributed by atoms with E-state index in [1.165, 1.54) is 42.9 Å². The van der Waals surface area contributed by atoms with Crippen molar-refractivity contribution in [2.45, 2.75) is 0 Å². The van der Waals surface area contributed by atoms with Crippen LogP contribution in [-0.4, -0.2) is 39.7 Å². The Morgan fingerprint density at radius 3 is 1.79 bits per heavy atom. The van der Waals surface area contributed by atoms with Gasteiger partial charge in [0.25, 0.3) is 0 Å². The number of aldehydes is 2. The average Bonchev–Trinajstić information content (AvgIpc) is 2.93. The van der Waals surface area contributed by atoms with Crippen molar-refractivity contribution in [1.29, 1.82) is 10.5 Å². The number of aromatic nitrogens is 2. The standard InChI is InChI=1S/C13H7FN2O.C7H5BFNO2.C6H4BrNO/c14-13-4-10(1-2-11(13)5-15)12-3-9(8-17)6-16-7-12;9-7-3-6(8(11)12)2-1-5(7)4-10;7-6-1-5(4-9)2-8-3-6/h1-4,6-8H;1-3,11-12H;1-4H. The predicted molar refractivity (Wildman–Crippen MR) is 138 cm³/mol. The molecule has 2 aromatic carbocycles. The van der Waals surface area contributed by atoms with Crippen LogP contribution in [0.2, 0.25) is 0 Å². The summed E-state index contributed by atoms with van der Waals surface area (Å²) in [4.78, 5) is 28.4. The minimum atomic E-state index is -1.70. The van der Waals surface area contributed by atoms with Crippen molar-refractivity contribution in [1.82, 2.24) is 9.97 Å². The van der Waals surface area contributed by atoms with Crippen molar-refractivity contribution < 1.29 is 28.4 Å². The lowest BCUT2D eigenvalue weighted by molar-refractivity contribution is 0.111. The van der Waals surface area contributed by atoms with Crippen LogP contribution in [0, 0.1) is 34.3 Å². The highest BCUT2D eigenvalue weighted by Gasteiger charge is 2.12. The Labute approximate surface area is 224 Å². The molecule has 2 aromatic heterocycles. The summed E-state index contributed by atoms with van der Waals surface area (Å²) < 4.78 is 27.0. The van der Waals surface area contributed by atoms with Gasteiger partial charge in [0.2, 0.25) is 0 Å². The molecule has 4 aromatic rings. The van der Waals surface area contributed by atoms with Gasteiger partial charge in [0.05, 0.1) is 11.1 Å². The summed E-state index contributed by atoms with van der Waals surface area (Å²) in [6, 6.07) is 14.4. The first-order valence-corrected chi connectivity index (χ1v) is 11.2. The molecule has 0 fully saturated rings. The lowest BCUT2D eigenvalue weighted by atomic mass is 9.80. The van der Waals surface area contributed by atoms with Gasteiger partial charge in [0.15, 0.2) is 12.6 Å². The van der Waals surface area contributed by atoms with Crippen molar-refractivity contribution in [3.8, 4) is 23.3 Å². The molecule has 0 saturated carbocycles. The first-order valence-electron chi connectivity index (χ1n) is 10.4. The van der Waals surface area contributed by atoms with Gasteiger partial charge in [-0.1, -0.05) is 12.1 Å². The molecule has 188 valence electrons. The molecule has 0 aliphatic rings. The van der Waals surface area contributed by atoms with Gasteiger partial charge in [-0.25, -0.2) is 8.78 Å². The largest absolute Gasteiger partial charge is 0.488 e. The molecular weight excluding hydrogens is 561 g/mol. The number of carbonyl (C=O) groups excluding carboxylic acids is 2. The first kappa shape index (κ1) is 29.6. The first-order chi connectivity index (χ1) is 18.2. The molecule has 8 nitrogen and oxygen atoms in total. The number of nitriles is 2. The third kappa shape index (κ3) is 8.80. The second-order valence-electron chi connectivity index (χ2n) is 7.21. The van der Waals surface area contributed by atoms with Crippen LogP contribution in [0.4, 0.5) is 8.78 Å². The number of hydrogen-bond donors (Lipinski definition) is 2. The number of hydrogen-bond acceptors (Lipinski definition) is 8. The van der Waals surface area contributed by atoms with Crippen LogP contribution in [0.5, 0.6) is 0 Å². The Balaban J connectivity index is 0.000000212. The molecule has 12 heteroatoms. The van der Waals surface area contributed by atoms with E-state index in [1.807, 2.05) is 0 Å². The van der Waals surface area contributed by atoms with Crippen molar-refractivity contribution in [3.63, 3.8) is 0 Å². The fourth-order valence-corrected chi connectivity index (χ4v) is 3.12. The molecule has 0 spiro atoms. The molecule has 0 atom stereocenters. The van der Waals surface area contributed by atoms with Gasteiger partial charge in [0, 0.05) is 46.0 Å². The van der Waals surface area contributed by atoms with Crippen molar-refractivity contribution >= 4 is 41.1 Å². The van der Waals surface area contributed by atoms with Crippen molar-refractivity contribution in [3.05, 3.63) is 112 Å². The number of carbonyl (C=O) groups is 2. The number of rotatable bonds is 4. The maximum Gasteiger partial charge on any atom is 0.488 e. The molecule has 0 saturated heterocycles. The monoisotopic (exact) mass is 576 g/mol. The highest BCUT2D eigenvalue weighted by Crippen LogP contribution is 2.21. The zero-order chi connectivity index (χ0) is 28.1. The van der Waals surface area contributed by atoms with Gasteiger partial charge < -0.3 is 10.0 Å². The van der Waals surface area contributed by atoms with E-state index >= 15 is 0 Å². The summed E-state index contributed by atoms with van der Waals surface area (Å²) in [5, 5.41) is 34.2. The van der Waals surface area contributed by atoms with E-state index in [2.05, 4.69) is 25.9 Å². The van der Waals surface area contributed by atoms with Gasteiger partial charge in [0.1, 0.15) is 23.8 Å². The van der Waals surface area contributed by atoms with E-state index in [1.54, 1.807) is 36.5 Å². The minimum Gasteiger partial charge on any atom is -0.423 e. The quantitative estimate of drug-likeness (QED) is 0.276. The van der Waals surface area contributed by atoms with Gasteiger partial charge in [-0.15, -0.1) is 0 Å². The fourth-order valence-electron chi connectivity index (χ4n) is 2.74. The Morgan fingerprint density at radius 2 is 1.32 bits per heavy atom. The van der Waals surface area contributed by atoms with Gasteiger partial charge in [-0.3, -0.25) is 19.6 Å². The van der Waals surface area contributed by atoms with Crippen LogP contribution in [0.1, 0.15) is 31.8 Å². The Kier molecular flexibility index (Phi) is 11.6. The smallest absolute Gasteiger partial charge is 0.423 e. The molecule has 0 bridgehead atoms. The number of nitrogens with zero attached hydrogens (tertiary/aromatic N) is 4. The minimum absolute atomic E-state index is 0.00625. The van der Waals surface area contributed by atoms with Crippen LogP contribution in [0.15, 0.2) is 77.8 Å². The summed E-state index contributed by atoms with van der Waals surface area (Å²) in [6.45, 7) is 0. The van der Waals surface area contributed by atoms with Crippen LogP contribution in [0.3, 0.4) is 0 Å².